The van der Waals surface area contributed by atoms with Gasteiger partial charge in [-0.15, -0.1) is 0 Å². The van der Waals surface area contributed by atoms with E-state index in [-0.39, 0.29) is 31.1 Å². The van der Waals surface area contributed by atoms with Crippen molar-refractivity contribution in [2.45, 2.75) is 297 Å². The fourth-order valence-electron chi connectivity index (χ4n) is 8.24. The minimum Gasteiger partial charge on any atom is -0.462 e. The van der Waals surface area contributed by atoms with Crippen LogP contribution in [0.5, 0.6) is 0 Å². The van der Waals surface area contributed by atoms with Crippen LogP contribution in [0.1, 0.15) is 290 Å². The molecule has 0 bridgehead atoms. The molecule has 6 heteroatoms. The molecule has 0 aromatic carbocycles. The van der Waals surface area contributed by atoms with Gasteiger partial charge in [0.1, 0.15) is 13.2 Å². The number of hydrogen-bond acceptors (Lipinski definition) is 6. The summed E-state index contributed by atoms with van der Waals surface area (Å²) in [5.74, 6) is -0.904. The zero-order chi connectivity index (χ0) is 48.6. The highest BCUT2D eigenvalue weighted by Gasteiger charge is 2.19. The van der Waals surface area contributed by atoms with E-state index in [0.29, 0.717) is 19.3 Å². The lowest BCUT2D eigenvalue weighted by Crippen LogP contribution is -2.30. The van der Waals surface area contributed by atoms with Gasteiger partial charge in [0.05, 0.1) is 0 Å². The molecular weight excluding hydrogens is 829 g/mol. The molecular formula is C61H108O6. The molecule has 0 radical (unpaired) electrons. The third-order valence-electron chi connectivity index (χ3n) is 12.5. The van der Waals surface area contributed by atoms with Crippen molar-refractivity contribution < 1.29 is 28.6 Å². The van der Waals surface area contributed by atoms with Crippen molar-refractivity contribution in [2.75, 3.05) is 13.2 Å². The summed E-state index contributed by atoms with van der Waals surface area (Å²) in [6, 6.07) is 0. The van der Waals surface area contributed by atoms with E-state index in [1.807, 2.05) is 0 Å². The van der Waals surface area contributed by atoms with E-state index in [0.717, 1.165) is 96.3 Å². The molecule has 1 atom stereocenters. The van der Waals surface area contributed by atoms with Gasteiger partial charge in [0.25, 0.3) is 0 Å². The topological polar surface area (TPSA) is 78.9 Å². The largest absolute Gasteiger partial charge is 0.462 e. The first-order valence-corrected chi connectivity index (χ1v) is 28.8. The SMILES string of the molecule is CC/C=C\C/C=C\C/C=C\C/C=C\C/C=C\CCCCCC(=O)O[C@@H](COC(=O)CCCCCCCCCCCCC)COC(=O)CCCCCCCCCCCCCCCCCCCCC. The first-order chi connectivity index (χ1) is 33.0. The van der Waals surface area contributed by atoms with Crippen molar-refractivity contribution >= 4 is 17.9 Å². The van der Waals surface area contributed by atoms with Crippen LogP contribution >= 0.6 is 0 Å². The number of ether oxygens (including phenoxy) is 3. The Kier molecular flexibility index (Phi) is 53.3. The molecule has 0 aliphatic rings. The second kappa shape index (κ2) is 55.7. The molecule has 0 amide bonds. The highest BCUT2D eigenvalue weighted by molar-refractivity contribution is 5.71. The third kappa shape index (κ3) is 53.9. The Morgan fingerprint density at radius 2 is 0.582 bits per heavy atom. The maximum Gasteiger partial charge on any atom is 0.306 e. The normalized spacial score (nSPS) is 12.5. The summed E-state index contributed by atoms with van der Waals surface area (Å²) in [4.78, 5) is 38.1. The molecule has 0 unspecified atom stereocenters. The Balaban J connectivity index is 4.36. The fourth-order valence-corrected chi connectivity index (χ4v) is 8.24. The highest BCUT2D eigenvalue weighted by atomic mass is 16.6. The Morgan fingerprint density at radius 3 is 0.910 bits per heavy atom. The first-order valence-electron chi connectivity index (χ1n) is 28.8. The third-order valence-corrected chi connectivity index (χ3v) is 12.5. The summed E-state index contributed by atoms with van der Waals surface area (Å²) in [5, 5.41) is 0. The minimum absolute atomic E-state index is 0.0838. The minimum atomic E-state index is -0.788. The lowest BCUT2D eigenvalue weighted by Gasteiger charge is -2.18. The van der Waals surface area contributed by atoms with Gasteiger partial charge in [-0.3, -0.25) is 14.4 Å². The first kappa shape index (κ1) is 64.1. The quantitative estimate of drug-likeness (QED) is 0.0262. The molecule has 0 N–H and O–H groups in total. The lowest BCUT2D eigenvalue weighted by atomic mass is 10.0. The Hall–Kier alpha value is -2.89. The second-order valence-corrected chi connectivity index (χ2v) is 19.2. The number of rotatable bonds is 52. The standard InChI is InChI=1S/C61H108O6/c1-4-7-10-13-16-19-22-24-26-28-30-32-34-36-39-42-45-48-51-54-60(63)66-57-58(56-65-59(62)53-50-47-44-41-38-21-18-15-12-9-6-3)67-61(64)55-52-49-46-43-40-37-35-33-31-29-27-25-23-20-17-14-11-8-5-2/h8,11,17,20,25,27,31,33,37,40,58H,4-7,9-10,12-16,18-19,21-24,26,28-30,32,34-36,38-39,41-57H2,1-3H3/b11-8-,20-17-,27-25-,33-31-,40-37-/t58-/m0/s1. The summed E-state index contributed by atoms with van der Waals surface area (Å²) in [6.45, 7) is 6.52. The Morgan fingerprint density at radius 1 is 0.313 bits per heavy atom. The highest BCUT2D eigenvalue weighted by Crippen LogP contribution is 2.16. The van der Waals surface area contributed by atoms with Crippen LogP contribution in [-0.2, 0) is 28.6 Å². The molecule has 0 heterocycles. The van der Waals surface area contributed by atoms with Gasteiger partial charge in [-0.25, -0.2) is 0 Å². The van der Waals surface area contributed by atoms with Crippen LogP contribution in [0.3, 0.4) is 0 Å². The molecule has 0 saturated heterocycles. The molecule has 0 spiro atoms. The number of esters is 3. The number of carbonyl (C=O) groups is 3. The summed E-state index contributed by atoms with van der Waals surface area (Å²) in [7, 11) is 0. The van der Waals surface area contributed by atoms with Crippen LogP contribution in [0.2, 0.25) is 0 Å². The van der Waals surface area contributed by atoms with Crippen molar-refractivity contribution in [3.05, 3.63) is 60.8 Å². The number of hydrogen-bond donors (Lipinski definition) is 0. The molecule has 67 heavy (non-hydrogen) atoms. The van der Waals surface area contributed by atoms with Gasteiger partial charge in [0, 0.05) is 19.3 Å². The van der Waals surface area contributed by atoms with E-state index < -0.39 is 6.10 Å². The number of carbonyl (C=O) groups excluding carboxylic acids is 3. The van der Waals surface area contributed by atoms with Gasteiger partial charge in [-0.05, 0) is 64.2 Å². The van der Waals surface area contributed by atoms with Crippen LogP contribution in [-0.4, -0.2) is 37.2 Å². The molecule has 0 aliphatic carbocycles. The van der Waals surface area contributed by atoms with Gasteiger partial charge in [0.2, 0.25) is 0 Å². The van der Waals surface area contributed by atoms with E-state index in [9.17, 15) is 14.4 Å². The average molecular weight is 938 g/mol. The zero-order valence-corrected chi connectivity index (χ0v) is 44.4. The smallest absolute Gasteiger partial charge is 0.306 e. The van der Waals surface area contributed by atoms with Crippen molar-refractivity contribution in [1.29, 1.82) is 0 Å². The average Bonchev–Trinajstić information content (AvgIpc) is 3.33. The van der Waals surface area contributed by atoms with Gasteiger partial charge < -0.3 is 14.2 Å². The van der Waals surface area contributed by atoms with E-state index in [2.05, 4.69) is 81.5 Å². The maximum atomic E-state index is 12.8. The Labute approximate surface area is 415 Å². The number of unbranched alkanes of at least 4 members (excludes halogenated alkanes) is 31. The van der Waals surface area contributed by atoms with Crippen LogP contribution < -0.4 is 0 Å². The zero-order valence-electron chi connectivity index (χ0n) is 44.4. The molecule has 0 saturated carbocycles. The Bertz CT molecular complexity index is 1210. The van der Waals surface area contributed by atoms with Crippen LogP contribution in [0, 0.1) is 0 Å². The molecule has 388 valence electrons. The van der Waals surface area contributed by atoms with Gasteiger partial charge in [0.15, 0.2) is 6.10 Å². The molecule has 0 rings (SSSR count). The van der Waals surface area contributed by atoms with E-state index >= 15 is 0 Å². The summed E-state index contributed by atoms with van der Waals surface area (Å²) < 4.78 is 16.8. The maximum absolute atomic E-state index is 12.8. The van der Waals surface area contributed by atoms with Crippen molar-refractivity contribution in [3.63, 3.8) is 0 Å². The second-order valence-electron chi connectivity index (χ2n) is 19.2. The summed E-state index contributed by atoms with van der Waals surface area (Å²) in [6.07, 6.45) is 69.3. The van der Waals surface area contributed by atoms with E-state index in [1.54, 1.807) is 0 Å². The molecule has 0 aromatic rings. The van der Waals surface area contributed by atoms with Gasteiger partial charge in [-0.1, -0.05) is 268 Å². The van der Waals surface area contributed by atoms with Crippen LogP contribution in [0.15, 0.2) is 60.8 Å². The van der Waals surface area contributed by atoms with E-state index in [1.165, 1.54) is 154 Å². The monoisotopic (exact) mass is 937 g/mol. The number of allylic oxidation sites excluding steroid dienone is 10. The predicted octanol–water partition coefficient (Wildman–Crippen LogP) is 19.2. The molecule has 6 nitrogen and oxygen atoms in total. The summed E-state index contributed by atoms with van der Waals surface area (Å²) >= 11 is 0. The van der Waals surface area contributed by atoms with E-state index in [4.69, 9.17) is 14.2 Å². The fraction of sp³-hybridized carbons (Fsp3) is 0.787. The molecule has 0 fully saturated rings. The molecule has 0 aliphatic heterocycles. The van der Waals surface area contributed by atoms with Gasteiger partial charge in [-0.2, -0.15) is 0 Å². The molecule has 0 aromatic heterocycles. The van der Waals surface area contributed by atoms with Crippen LogP contribution in [0.25, 0.3) is 0 Å². The van der Waals surface area contributed by atoms with Gasteiger partial charge >= 0.3 is 17.9 Å². The van der Waals surface area contributed by atoms with Crippen molar-refractivity contribution in [1.82, 2.24) is 0 Å². The predicted molar refractivity (Wildman–Crippen MR) is 288 cm³/mol. The summed E-state index contributed by atoms with van der Waals surface area (Å²) in [5.41, 5.74) is 0. The van der Waals surface area contributed by atoms with Crippen LogP contribution in [0.4, 0.5) is 0 Å². The lowest BCUT2D eigenvalue weighted by molar-refractivity contribution is -0.167. The van der Waals surface area contributed by atoms with Crippen molar-refractivity contribution in [2.24, 2.45) is 0 Å². The van der Waals surface area contributed by atoms with Crippen molar-refractivity contribution in [3.8, 4) is 0 Å².